The van der Waals surface area contributed by atoms with E-state index < -0.39 is 0 Å². The summed E-state index contributed by atoms with van der Waals surface area (Å²) in [5.41, 5.74) is 0.734. The lowest BCUT2D eigenvalue weighted by atomic mass is 10.0. The van der Waals surface area contributed by atoms with Gasteiger partial charge in [-0.1, -0.05) is 0 Å². The van der Waals surface area contributed by atoms with E-state index in [4.69, 9.17) is 4.74 Å². The smallest absolute Gasteiger partial charge is 0.257 e. The molecule has 3 aliphatic heterocycles. The molecule has 0 saturated carbocycles. The highest BCUT2D eigenvalue weighted by molar-refractivity contribution is 5.99. The van der Waals surface area contributed by atoms with E-state index in [2.05, 4.69) is 15.2 Å². The Morgan fingerprint density at radius 2 is 1.95 bits per heavy atom. The number of hydrogen-bond acceptors (Lipinski definition) is 5. The Bertz CT molecular complexity index is 547. The van der Waals surface area contributed by atoms with Crippen molar-refractivity contribution in [2.45, 2.75) is 0 Å². The fourth-order valence-electron chi connectivity index (χ4n) is 3.78. The molecule has 0 radical (unpaired) electrons. The van der Waals surface area contributed by atoms with Crippen molar-refractivity contribution in [3.05, 3.63) is 23.9 Å². The third-order valence-corrected chi connectivity index (χ3v) is 5.00. The molecule has 3 fully saturated rings. The summed E-state index contributed by atoms with van der Waals surface area (Å²) in [5, 5.41) is 3.41. The summed E-state index contributed by atoms with van der Waals surface area (Å²) < 4.78 is 5.40. The standard InChI is InChI=1S/C16H22N4O2/c21-16(20-10-12-8-17-9-13(12)11-20)14-2-1-3-18-15(14)19-4-6-22-7-5-19/h1-3,12-13,17H,4-11H2/t12-,13+. The summed E-state index contributed by atoms with van der Waals surface area (Å²) in [6, 6.07) is 3.77. The number of aromatic nitrogens is 1. The van der Waals surface area contributed by atoms with Crippen LogP contribution in [-0.4, -0.2) is 68.3 Å². The molecule has 3 aliphatic rings. The van der Waals surface area contributed by atoms with E-state index in [1.165, 1.54) is 0 Å². The van der Waals surface area contributed by atoms with E-state index in [1.807, 2.05) is 17.0 Å². The first-order chi connectivity index (χ1) is 10.8. The molecule has 1 N–H and O–H groups in total. The largest absolute Gasteiger partial charge is 0.378 e. The number of amides is 1. The highest BCUT2D eigenvalue weighted by atomic mass is 16.5. The minimum Gasteiger partial charge on any atom is -0.378 e. The molecule has 118 valence electrons. The van der Waals surface area contributed by atoms with Crippen molar-refractivity contribution < 1.29 is 9.53 Å². The van der Waals surface area contributed by atoms with Crippen LogP contribution in [0.3, 0.4) is 0 Å². The molecular weight excluding hydrogens is 280 g/mol. The van der Waals surface area contributed by atoms with E-state index in [0.717, 1.165) is 50.6 Å². The summed E-state index contributed by atoms with van der Waals surface area (Å²) in [6.07, 6.45) is 1.77. The topological polar surface area (TPSA) is 57.7 Å². The first kappa shape index (κ1) is 14.0. The molecule has 6 nitrogen and oxygen atoms in total. The lowest BCUT2D eigenvalue weighted by Gasteiger charge is -2.30. The molecule has 0 bridgehead atoms. The Hall–Kier alpha value is -1.66. The number of pyridine rings is 1. The number of fused-ring (bicyclic) bond motifs is 1. The Kier molecular flexibility index (Phi) is 3.72. The van der Waals surface area contributed by atoms with Gasteiger partial charge in [0.1, 0.15) is 5.82 Å². The molecule has 0 spiro atoms. The maximum atomic E-state index is 12.9. The molecule has 0 unspecified atom stereocenters. The summed E-state index contributed by atoms with van der Waals surface area (Å²) >= 11 is 0. The highest BCUT2D eigenvalue weighted by Crippen LogP contribution is 2.29. The van der Waals surface area contributed by atoms with Gasteiger partial charge in [0, 0.05) is 45.5 Å². The Labute approximate surface area is 130 Å². The SMILES string of the molecule is O=C(c1cccnc1N1CCOCC1)N1C[C@H]2CNC[C@H]2C1. The predicted molar refractivity (Wildman–Crippen MR) is 83.0 cm³/mol. The zero-order valence-corrected chi connectivity index (χ0v) is 12.7. The fraction of sp³-hybridized carbons (Fsp3) is 0.625. The Morgan fingerprint density at radius 3 is 2.68 bits per heavy atom. The average Bonchev–Trinajstić information content (AvgIpc) is 3.17. The number of likely N-dealkylation sites (tertiary alicyclic amines) is 1. The van der Waals surface area contributed by atoms with Crippen molar-refractivity contribution in [3.63, 3.8) is 0 Å². The summed E-state index contributed by atoms with van der Waals surface area (Å²) in [6.45, 7) is 6.81. The molecule has 2 atom stereocenters. The molecule has 4 rings (SSSR count). The van der Waals surface area contributed by atoms with E-state index in [-0.39, 0.29) is 5.91 Å². The second-order valence-electron chi connectivity index (χ2n) is 6.36. The average molecular weight is 302 g/mol. The zero-order chi connectivity index (χ0) is 14.9. The number of hydrogen-bond donors (Lipinski definition) is 1. The fourth-order valence-corrected chi connectivity index (χ4v) is 3.78. The predicted octanol–water partition coefficient (Wildman–Crippen LogP) is 0.210. The summed E-state index contributed by atoms with van der Waals surface area (Å²) in [7, 11) is 0. The lowest BCUT2D eigenvalue weighted by Crippen LogP contribution is -2.39. The molecule has 1 amide bonds. The Balaban J connectivity index is 1.55. The van der Waals surface area contributed by atoms with Crippen LogP contribution in [0, 0.1) is 11.8 Å². The first-order valence-corrected chi connectivity index (χ1v) is 8.10. The van der Waals surface area contributed by atoms with Gasteiger partial charge in [-0.2, -0.15) is 0 Å². The molecular formula is C16H22N4O2. The van der Waals surface area contributed by atoms with E-state index in [1.54, 1.807) is 6.20 Å². The molecule has 1 aromatic rings. The third kappa shape index (κ3) is 2.46. The monoisotopic (exact) mass is 302 g/mol. The van der Waals surface area contributed by atoms with Crippen LogP contribution in [0.4, 0.5) is 5.82 Å². The molecule has 1 aromatic heterocycles. The van der Waals surface area contributed by atoms with Gasteiger partial charge < -0.3 is 19.9 Å². The van der Waals surface area contributed by atoms with Crippen molar-refractivity contribution in [2.24, 2.45) is 11.8 Å². The number of carbonyl (C=O) groups is 1. The van der Waals surface area contributed by atoms with Gasteiger partial charge in [0.25, 0.3) is 5.91 Å². The van der Waals surface area contributed by atoms with Gasteiger partial charge in [-0.3, -0.25) is 4.79 Å². The second-order valence-corrected chi connectivity index (χ2v) is 6.36. The number of nitrogens with zero attached hydrogens (tertiary/aromatic N) is 3. The normalized spacial score (nSPS) is 28.0. The Morgan fingerprint density at radius 1 is 1.23 bits per heavy atom. The van der Waals surface area contributed by atoms with Crippen LogP contribution >= 0.6 is 0 Å². The number of nitrogens with one attached hydrogen (secondary N) is 1. The van der Waals surface area contributed by atoms with Crippen LogP contribution in [0.25, 0.3) is 0 Å². The molecule has 0 aromatic carbocycles. The molecule has 0 aliphatic carbocycles. The van der Waals surface area contributed by atoms with Gasteiger partial charge in [-0.25, -0.2) is 4.98 Å². The maximum absolute atomic E-state index is 12.9. The lowest BCUT2D eigenvalue weighted by molar-refractivity contribution is 0.0780. The zero-order valence-electron chi connectivity index (χ0n) is 12.7. The van der Waals surface area contributed by atoms with Crippen LogP contribution in [-0.2, 0) is 4.74 Å². The summed E-state index contributed by atoms with van der Waals surface area (Å²) in [4.78, 5) is 21.6. The minimum absolute atomic E-state index is 0.129. The van der Waals surface area contributed by atoms with Crippen LogP contribution in [0.5, 0.6) is 0 Å². The number of anilines is 1. The van der Waals surface area contributed by atoms with Crippen molar-refractivity contribution in [1.82, 2.24) is 15.2 Å². The second kappa shape index (κ2) is 5.85. The van der Waals surface area contributed by atoms with Gasteiger partial charge in [0.15, 0.2) is 0 Å². The van der Waals surface area contributed by atoms with Crippen LogP contribution < -0.4 is 10.2 Å². The number of morpholine rings is 1. The van der Waals surface area contributed by atoms with Crippen molar-refractivity contribution in [2.75, 3.05) is 57.4 Å². The van der Waals surface area contributed by atoms with Gasteiger partial charge in [-0.15, -0.1) is 0 Å². The first-order valence-electron chi connectivity index (χ1n) is 8.10. The van der Waals surface area contributed by atoms with Crippen molar-refractivity contribution >= 4 is 11.7 Å². The quantitative estimate of drug-likeness (QED) is 0.846. The molecule has 22 heavy (non-hydrogen) atoms. The third-order valence-electron chi connectivity index (χ3n) is 5.00. The van der Waals surface area contributed by atoms with Gasteiger partial charge >= 0.3 is 0 Å². The van der Waals surface area contributed by atoms with E-state index in [0.29, 0.717) is 25.0 Å². The van der Waals surface area contributed by atoms with E-state index >= 15 is 0 Å². The van der Waals surface area contributed by atoms with Gasteiger partial charge in [0.05, 0.1) is 18.8 Å². The minimum atomic E-state index is 0.129. The summed E-state index contributed by atoms with van der Waals surface area (Å²) in [5.74, 6) is 2.18. The molecule has 6 heteroatoms. The van der Waals surface area contributed by atoms with E-state index in [9.17, 15) is 4.79 Å². The van der Waals surface area contributed by atoms with Crippen LogP contribution in [0.1, 0.15) is 10.4 Å². The maximum Gasteiger partial charge on any atom is 0.257 e. The molecule has 3 saturated heterocycles. The molecule has 4 heterocycles. The number of carbonyl (C=O) groups excluding carboxylic acids is 1. The number of rotatable bonds is 2. The van der Waals surface area contributed by atoms with Crippen LogP contribution in [0.2, 0.25) is 0 Å². The van der Waals surface area contributed by atoms with Crippen molar-refractivity contribution in [1.29, 1.82) is 0 Å². The van der Waals surface area contributed by atoms with Crippen molar-refractivity contribution in [3.8, 4) is 0 Å². The van der Waals surface area contributed by atoms with Gasteiger partial charge in [0.2, 0.25) is 0 Å². The van der Waals surface area contributed by atoms with Gasteiger partial charge in [-0.05, 0) is 24.0 Å². The van der Waals surface area contributed by atoms with Crippen LogP contribution in [0.15, 0.2) is 18.3 Å². The number of ether oxygens (including phenoxy) is 1. The highest BCUT2D eigenvalue weighted by Gasteiger charge is 2.39.